The maximum atomic E-state index is 12.9. The summed E-state index contributed by atoms with van der Waals surface area (Å²) in [6, 6.07) is 12.4. The summed E-state index contributed by atoms with van der Waals surface area (Å²) in [5.74, 6) is -0.796. The van der Waals surface area contributed by atoms with Gasteiger partial charge in [-0.1, -0.05) is 36.4 Å². The minimum absolute atomic E-state index is 0.153. The minimum atomic E-state index is -0.308. The fourth-order valence-electron chi connectivity index (χ4n) is 3.94. The topological polar surface area (TPSA) is 63.7 Å². The van der Waals surface area contributed by atoms with Gasteiger partial charge in [0.05, 0.1) is 17.5 Å². The van der Waals surface area contributed by atoms with E-state index in [0.29, 0.717) is 29.8 Å². The van der Waals surface area contributed by atoms with E-state index in [1.165, 1.54) is 4.90 Å². The van der Waals surface area contributed by atoms with E-state index in [0.717, 1.165) is 11.1 Å². The summed E-state index contributed by atoms with van der Waals surface area (Å²) in [7, 11) is 0. The maximum Gasteiger partial charge on any atom is 0.238 e. The van der Waals surface area contributed by atoms with Crippen LogP contribution in [0.15, 0.2) is 54.6 Å². The fraction of sp³-hybridized carbons (Fsp3) is 0.292. The van der Waals surface area contributed by atoms with E-state index in [9.17, 15) is 14.4 Å². The molecule has 0 unspecified atom stereocenters. The Labute approximate surface area is 170 Å². The van der Waals surface area contributed by atoms with E-state index in [2.05, 4.69) is 0 Å². The number of hydrogen-bond acceptors (Lipinski definition) is 4. The first-order valence-electron chi connectivity index (χ1n) is 9.82. The number of rotatable bonds is 5. The largest absolute Gasteiger partial charge is 0.483 e. The number of Topliss-reactive ketones (excluding diaryl/α,β-unsaturated/α-hetero) is 1. The van der Waals surface area contributed by atoms with Gasteiger partial charge in [0.15, 0.2) is 12.4 Å². The minimum Gasteiger partial charge on any atom is -0.483 e. The van der Waals surface area contributed by atoms with Crippen molar-refractivity contribution in [2.45, 2.75) is 26.7 Å². The van der Waals surface area contributed by atoms with Crippen LogP contribution in [0.3, 0.4) is 0 Å². The third-order valence-corrected chi connectivity index (χ3v) is 5.80. The SMILES string of the molecule is Cc1ccc(C(=O)COc2ccccc2N2C(=O)[C@H]3CC=CC[C@@H]3C2=O)cc1C. The average molecular weight is 389 g/mol. The number of allylic oxidation sites excluding steroid dienone is 2. The van der Waals surface area contributed by atoms with Crippen LogP contribution in [0.1, 0.15) is 34.3 Å². The Bertz CT molecular complexity index is 997. The molecule has 1 aliphatic carbocycles. The van der Waals surface area contributed by atoms with Gasteiger partial charge in [-0.25, -0.2) is 4.90 Å². The molecule has 0 spiro atoms. The number of nitrogens with zero attached hydrogens (tertiary/aromatic N) is 1. The van der Waals surface area contributed by atoms with Gasteiger partial charge < -0.3 is 4.74 Å². The van der Waals surface area contributed by atoms with E-state index in [1.54, 1.807) is 30.3 Å². The molecule has 2 atom stereocenters. The van der Waals surface area contributed by atoms with Crippen molar-refractivity contribution in [1.82, 2.24) is 0 Å². The molecule has 2 amide bonds. The smallest absolute Gasteiger partial charge is 0.238 e. The summed E-state index contributed by atoms with van der Waals surface area (Å²) < 4.78 is 5.77. The molecule has 0 aromatic heterocycles. The van der Waals surface area contributed by atoms with E-state index >= 15 is 0 Å². The van der Waals surface area contributed by atoms with Crippen molar-refractivity contribution in [1.29, 1.82) is 0 Å². The molecule has 4 rings (SSSR count). The zero-order valence-electron chi connectivity index (χ0n) is 16.6. The van der Waals surface area contributed by atoms with Crippen molar-refractivity contribution in [2.24, 2.45) is 11.8 Å². The molecular weight excluding hydrogens is 366 g/mol. The van der Waals surface area contributed by atoms with Crippen LogP contribution in [0, 0.1) is 25.7 Å². The number of ketones is 1. The quantitative estimate of drug-likeness (QED) is 0.440. The second-order valence-corrected chi connectivity index (χ2v) is 7.65. The van der Waals surface area contributed by atoms with E-state index in [4.69, 9.17) is 4.74 Å². The molecule has 1 saturated heterocycles. The summed E-state index contributed by atoms with van der Waals surface area (Å²) in [6.07, 6.45) is 5.08. The van der Waals surface area contributed by atoms with Gasteiger partial charge in [-0.15, -0.1) is 0 Å². The number of ether oxygens (including phenoxy) is 1. The Morgan fingerprint density at radius 2 is 1.62 bits per heavy atom. The van der Waals surface area contributed by atoms with Crippen LogP contribution in [0.5, 0.6) is 5.75 Å². The number of carbonyl (C=O) groups is 3. The molecule has 5 nitrogen and oxygen atoms in total. The van der Waals surface area contributed by atoms with Gasteiger partial charge in [0.1, 0.15) is 5.75 Å². The Kier molecular flexibility index (Phi) is 5.05. The summed E-state index contributed by atoms with van der Waals surface area (Å²) in [6.45, 7) is 3.79. The van der Waals surface area contributed by atoms with Gasteiger partial charge in [0.2, 0.25) is 11.8 Å². The first-order valence-corrected chi connectivity index (χ1v) is 9.82. The maximum absolute atomic E-state index is 12.9. The van der Waals surface area contributed by atoms with Crippen molar-refractivity contribution in [3.8, 4) is 5.75 Å². The second kappa shape index (κ2) is 7.66. The van der Waals surface area contributed by atoms with Crippen molar-refractivity contribution in [3.63, 3.8) is 0 Å². The Hall–Kier alpha value is -3.21. The Morgan fingerprint density at radius 1 is 0.966 bits per heavy atom. The molecule has 2 aromatic carbocycles. The second-order valence-electron chi connectivity index (χ2n) is 7.65. The van der Waals surface area contributed by atoms with E-state index < -0.39 is 0 Å². The monoisotopic (exact) mass is 389 g/mol. The lowest BCUT2D eigenvalue weighted by Gasteiger charge is -2.19. The predicted octanol–water partition coefficient (Wildman–Crippen LogP) is 4.02. The summed E-state index contributed by atoms with van der Waals surface area (Å²) in [5, 5.41) is 0. The number of hydrogen-bond donors (Lipinski definition) is 0. The van der Waals surface area contributed by atoms with Gasteiger partial charge in [-0.3, -0.25) is 14.4 Å². The molecule has 2 aliphatic rings. The van der Waals surface area contributed by atoms with Crippen molar-refractivity contribution in [3.05, 3.63) is 71.3 Å². The molecule has 148 valence electrons. The number of para-hydroxylation sites is 2. The predicted molar refractivity (Wildman–Crippen MR) is 110 cm³/mol. The fourth-order valence-corrected chi connectivity index (χ4v) is 3.94. The molecule has 0 radical (unpaired) electrons. The highest BCUT2D eigenvalue weighted by atomic mass is 16.5. The zero-order chi connectivity index (χ0) is 20.5. The standard InChI is InChI=1S/C24H23NO4/c1-15-11-12-17(13-16(15)2)21(26)14-29-22-10-6-5-9-20(22)25-23(27)18-7-3-4-8-19(18)24(25)28/h3-6,9-13,18-19H,7-8,14H2,1-2H3/t18-,19-/m0/s1. The molecule has 1 heterocycles. The van der Waals surface area contributed by atoms with E-state index in [-0.39, 0.29) is 36.0 Å². The lowest BCUT2D eigenvalue weighted by atomic mass is 9.85. The molecule has 2 aromatic rings. The van der Waals surface area contributed by atoms with Gasteiger partial charge in [-0.2, -0.15) is 0 Å². The number of anilines is 1. The van der Waals surface area contributed by atoms with Crippen LogP contribution in [0.25, 0.3) is 0 Å². The highest BCUT2D eigenvalue weighted by Crippen LogP contribution is 2.40. The number of imide groups is 1. The normalized spacial score (nSPS) is 20.7. The molecule has 29 heavy (non-hydrogen) atoms. The van der Waals surface area contributed by atoms with Crippen LogP contribution >= 0.6 is 0 Å². The third kappa shape index (κ3) is 3.48. The number of aryl methyl sites for hydroxylation is 2. The molecular formula is C24H23NO4. The number of carbonyl (C=O) groups excluding carboxylic acids is 3. The third-order valence-electron chi connectivity index (χ3n) is 5.80. The number of benzene rings is 2. The van der Waals surface area contributed by atoms with E-state index in [1.807, 2.05) is 38.1 Å². The zero-order valence-corrected chi connectivity index (χ0v) is 16.6. The number of amides is 2. The van der Waals surface area contributed by atoms with Crippen LogP contribution in [-0.2, 0) is 9.59 Å². The van der Waals surface area contributed by atoms with Gasteiger partial charge in [-0.05, 0) is 56.0 Å². The Morgan fingerprint density at radius 3 is 2.28 bits per heavy atom. The average Bonchev–Trinajstić information content (AvgIpc) is 2.99. The number of fused-ring (bicyclic) bond motifs is 1. The molecule has 0 bridgehead atoms. The molecule has 1 aliphatic heterocycles. The first kappa shape index (κ1) is 19.1. The summed E-state index contributed by atoms with van der Waals surface area (Å²) in [5.41, 5.74) is 3.15. The van der Waals surface area contributed by atoms with Gasteiger partial charge in [0.25, 0.3) is 0 Å². The summed E-state index contributed by atoms with van der Waals surface area (Å²) in [4.78, 5) is 39.6. The van der Waals surface area contributed by atoms with Crippen molar-refractivity contribution < 1.29 is 19.1 Å². The highest BCUT2D eigenvalue weighted by molar-refractivity contribution is 6.22. The van der Waals surface area contributed by atoms with Gasteiger partial charge in [0, 0.05) is 5.56 Å². The Balaban J connectivity index is 1.54. The highest BCUT2D eigenvalue weighted by Gasteiger charge is 2.48. The van der Waals surface area contributed by atoms with Crippen LogP contribution < -0.4 is 9.64 Å². The molecule has 5 heteroatoms. The van der Waals surface area contributed by atoms with Crippen molar-refractivity contribution >= 4 is 23.3 Å². The van der Waals surface area contributed by atoms with Crippen LogP contribution in [0.4, 0.5) is 5.69 Å². The van der Waals surface area contributed by atoms with Crippen molar-refractivity contribution in [2.75, 3.05) is 11.5 Å². The van der Waals surface area contributed by atoms with Gasteiger partial charge >= 0.3 is 0 Å². The van der Waals surface area contributed by atoms with Crippen LogP contribution in [-0.4, -0.2) is 24.2 Å². The van der Waals surface area contributed by atoms with Crippen LogP contribution in [0.2, 0.25) is 0 Å². The molecule has 0 saturated carbocycles. The summed E-state index contributed by atoms with van der Waals surface area (Å²) >= 11 is 0. The lowest BCUT2D eigenvalue weighted by Crippen LogP contribution is -2.31. The molecule has 1 fully saturated rings. The lowest BCUT2D eigenvalue weighted by molar-refractivity contribution is -0.122. The first-order chi connectivity index (χ1) is 14.0. The molecule has 0 N–H and O–H groups in total.